The van der Waals surface area contributed by atoms with Gasteiger partial charge < -0.3 is 10.3 Å². The van der Waals surface area contributed by atoms with Crippen LogP contribution in [0.25, 0.3) is 0 Å². The van der Waals surface area contributed by atoms with Gasteiger partial charge in [-0.15, -0.1) is 0 Å². The second kappa shape index (κ2) is 5.85. The van der Waals surface area contributed by atoms with Crippen molar-refractivity contribution in [1.82, 2.24) is 9.21 Å². The van der Waals surface area contributed by atoms with Crippen LogP contribution in [0.1, 0.15) is 6.92 Å². The Kier molecular flexibility index (Phi) is 4.49. The third kappa shape index (κ3) is 3.01. The molecule has 21 heavy (non-hydrogen) atoms. The van der Waals surface area contributed by atoms with E-state index in [1.807, 2.05) is 18.9 Å². The summed E-state index contributed by atoms with van der Waals surface area (Å²) in [5, 5.41) is 10.9. The summed E-state index contributed by atoms with van der Waals surface area (Å²) in [5.74, 6) is 5.21. The number of hydrazine groups is 1. The van der Waals surface area contributed by atoms with Crippen LogP contribution in [0.15, 0.2) is 10.3 Å². The Labute approximate surface area is 126 Å². The number of nitrogens with zero attached hydrogens (tertiary/aromatic N) is 3. The largest absolute Gasteiger partial charge is 0.310 e. The maximum absolute atomic E-state index is 12.6. The van der Waals surface area contributed by atoms with Gasteiger partial charge in [0.05, 0.1) is 4.92 Å². The summed E-state index contributed by atoms with van der Waals surface area (Å²) in [6.45, 7) is 3.42. The van der Waals surface area contributed by atoms with E-state index in [2.05, 4.69) is 5.43 Å². The van der Waals surface area contributed by atoms with E-state index in [1.54, 1.807) is 0 Å². The lowest BCUT2D eigenvalue weighted by molar-refractivity contribution is -0.383. The van der Waals surface area contributed by atoms with Gasteiger partial charge in [-0.2, -0.15) is 4.31 Å². The first-order chi connectivity index (χ1) is 9.77. The third-order valence-corrected chi connectivity index (χ3v) is 6.87. The molecule has 2 rings (SSSR count). The highest BCUT2D eigenvalue weighted by molar-refractivity contribution is 7.91. The second-order valence-corrected chi connectivity index (χ2v) is 8.08. The summed E-state index contributed by atoms with van der Waals surface area (Å²) in [6, 6.07) is 0.865. The van der Waals surface area contributed by atoms with Crippen molar-refractivity contribution >= 4 is 32.0 Å². The molecule has 1 aliphatic rings. The topological polar surface area (TPSA) is 122 Å². The molecular weight excluding hydrogens is 318 g/mol. The van der Waals surface area contributed by atoms with Crippen LogP contribution in [-0.4, -0.2) is 55.3 Å². The molecule has 9 nitrogen and oxygen atoms in total. The van der Waals surface area contributed by atoms with Gasteiger partial charge in [-0.3, -0.25) is 10.1 Å². The van der Waals surface area contributed by atoms with Crippen molar-refractivity contribution in [2.24, 2.45) is 5.84 Å². The molecule has 3 N–H and O–H groups in total. The highest BCUT2D eigenvalue weighted by atomic mass is 32.2. The number of likely N-dealkylation sites (N-methyl/N-ethyl adjacent to an activating group) is 1. The van der Waals surface area contributed by atoms with Crippen LogP contribution < -0.4 is 11.3 Å². The van der Waals surface area contributed by atoms with Gasteiger partial charge in [0, 0.05) is 31.7 Å². The van der Waals surface area contributed by atoms with Crippen molar-refractivity contribution in [2.75, 3.05) is 32.1 Å². The molecule has 0 saturated carbocycles. The molecule has 1 aromatic heterocycles. The monoisotopic (exact) mass is 335 g/mol. The number of nitrogens with one attached hydrogen (secondary N) is 1. The quantitative estimate of drug-likeness (QED) is 0.460. The Morgan fingerprint density at radius 2 is 2.19 bits per heavy atom. The van der Waals surface area contributed by atoms with E-state index in [4.69, 9.17) is 5.84 Å². The number of hydrogen-bond donors (Lipinski definition) is 2. The van der Waals surface area contributed by atoms with Gasteiger partial charge in [-0.25, -0.2) is 14.3 Å². The van der Waals surface area contributed by atoms with Gasteiger partial charge in [-0.05, 0) is 14.0 Å². The summed E-state index contributed by atoms with van der Waals surface area (Å²) in [7, 11) is -1.83. The molecule has 1 aromatic rings. The van der Waals surface area contributed by atoms with Crippen molar-refractivity contribution in [3.05, 3.63) is 16.2 Å². The molecule has 11 heteroatoms. The fourth-order valence-electron chi connectivity index (χ4n) is 2.32. The summed E-state index contributed by atoms with van der Waals surface area (Å²) >= 11 is 0.770. The Morgan fingerprint density at radius 3 is 2.67 bits per heavy atom. The molecule has 1 aliphatic heterocycles. The van der Waals surface area contributed by atoms with E-state index in [1.165, 1.54) is 4.31 Å². The van der Waals surface area contributed by atoms with Gasteiger partial charge in [0.1, 0.15) is 4.21 Å². The van der Waals surface area contributed by atoms with E-state index < -0.39 is 14.9 Å². The fourth-order valence-corrected chi connectivity index (χ4v) is 5.30. The average Bonchev–Trinajstić information content (AvgIpc) is 2.83. The summed E-state index contributed by atoms with van der Waals surface area (Å²) < 4.78 is 26.6. The van der Waals surface area contributed by atoms with E-state index in [9.17, 15) is 18.5 Å². The number of piperazine rings is 1. The Hall–Kier alpha value is -1.27. The van der Waals surface area contributed by atoms with E-state index in [0.29, 0.717) is 19.6 Å². The number of anilines is 1. The zero-order valence-electron chi connectivity index (χ0n) is 11.6. The molecule has 0 aliphatic carbocycles. The van der Waals surface area contributed by atoms with Crippen molar-refractivity contribution in [3.8, 4) is 0 Å². The van der Waals surface area contributed by atoms with E-state index in [-0.39, 0.29) is 20.9 Å². The normalized spacial score (nSPS) is 21.4. The van der Waals surface area contributed by atoms with Gasteiger partial charge in [0.2, 0.25) is 0 Å². The lowest BCUT2D eigenvalue weighted by Crippen LogP contribution is -2.52. The molecule has 1 saturated heterocycles. The molecule has 1 fully saturated rings. The van der Waals surface area contributed by atoms with Gasteiger partial charge in [0.15, 0.2) is 5.00 Å². The highest BCUT2D eigenvalue weighted by Gasteiger charge is 2.35. The first-order valence-corrected chi connectivity index (χ1v) is 8.48. The Balaban J connectivity index is 2.38. The van der Waals surface area contributed by atoms with Gasteiger partial charge >= 0.3 is 5.69 Å². The average molecular weight is 335 g/mol. The molecular formula is C10H17N5O4S2. The minimum absolute atomic E-state index is 0.0281. The SMILES string of the molecule is CC1CN(C)CCN1S(=O)(=O)c1cc([N+](=O)[O-])c(NN)s1. The van der Waals surface area contributed by atoms with Crippen molar-refractivity contribution in [2.45, 2.75) is 17.2 Å². The zero-order chi connectivity index (χ0) is 15.8. The molecule has 0 bridgehead atoms. The molecule has 1 atom stereocenters. The molecule has 0 amide bonds. The standard InChI is InChI=1S/C10H17N5O4S2/c1-7-6-13(2)3-4-14(7)21(18,19)9-5-8(15(16)17)10(12-11)20-9/h5,7,12H,3-4,6,11H2,1-2H3. The summed E-state index contributed by atoms with van der Waals surface area (Å²) in [5.41, 5.74) is 1.85. The number of sulfonamides is 1. The van der Waals surface area contributed by atoms with Crippen molar-refractivity contribution in [1.29, 1.82) is 0 Å². The third-order valence-electron chi connectivity index (χ3n) is 3.35. The minimum atomic E-state index is -3.75. The van der Waals surface area contributed by atoms with Gasteiger partial charge in [-0.1, -0.05) is 11.3 Å². The smallest absolute Gasteiger partial charge is 0.306 e. The fraction of sp³-hybridized carbons (Fsp3) is 0.600. The Morgan fingerprint density at radius 1 is 1.52 bits per heavy atom. The number of nitro groups is 1. The van der Waals surface area contributed by atoms with E-state index >= 15 is 0 Å². The molecule has 0 aromatic carbocycles. The van der Waals surface area contributed by atoms with Crippen molar-refractivity contribution in [3.63, 3.8) is 0 Å². The maximum atomic E-state index is 12.6. The van der Waals surface area contributed by atoms with Crippen LogP contribution in [0.2, 0.25) is 0 Å². The Bertz CT molecular complexity index is 644. The van der Waals surface area contributed by atoms with Crippen molar-refractivity contribution < 1.29 is 13.3 Å². The van der Waals surface area contributed by atoms with Crippen LogP contribution >= 0.6 is 11.3 Å². The molecule has 118 valence electrons. The second-order valence-electron chi connectivity index (χ2n) is 4.91. The van der Waals surface area contributed by atoms with Crippen LogP contribution in [0.4, 0.5) is 10.7 Å². The number of thiophene rings is 1. The number of rotatable bonds is 4. The maximum Gasteiger partial charge on any atom is 0.306 e. The molecule has 2 heterocycles. The predicted octanol–water partition coefficient (Wildman–Crippen LogP) is 0.266. The lowest BCUT2D eigenvalue weighted by atomic mass is 10.2. The summed E-state index contributed by atoms with van der Waals surface area (Å²) in [4.78, 5) is 12.3. The van der Waals surface area contributed by atoms with Gasteiger partial charge in [0.25, 0.3) is 10.0 Å². The predicted molar refractivity (Wildman–Crippen MR) is 79.6 cm³/mol. The zero-order valence-corrected chi connectivity index (χ0v) is 13.3. The van der Waals surface area contributed by atoms with Crippen LogP contribution in [-0.2, 0) is 10.0 Å². The minimum Gasteiger partial charge on any atom is -0.310 e. The summed E-state index contributed by atoms with van der Waals surface area (Å²) in [6.07, 6.45) is 0. The first kappa shape index (κ1) is 16.1. The lowest BCUT2D eigenvalue weighted by Gasteiger charge is -2.36. The van der Waals surface area contributed by atoms with Crippen LogP contribution in [0.5, 0.6) is 0 Å². The molecule has 1 unspecified atom stereocenters. The van der Waals surface area contributed by atoms with Crippen LogP contribution in [0, 0.1) is 10.1 Å². The molecule has 0 radical (unpaired) electrons. The van der Waals surface area contributed by atoms with E-state index in [0.717, 1.165) is 17.4 Å². The number of hydrogen-bond acceptors (Lipinski definition) is 8. The number of nitrogens with two attached hydrogens (primary N) is 1. The highest BCUT2D eigenvalue weighted by Crippen LogP contribution is 2.38. The van der Waals surface area contributed by atoms with Crippen LogP contribution in [0.3, 0.4) is 0 Å². The molecule has 0 spiro atoms. The first-order valence-electron chi connectivity index (χ1n) is 6.22. The number of nitrogen functional groups attached to an aromatic ring is 1.